The highest BCUT2D eigenvalue weighted by atomic mass is 35.5. The van der Waals surface area contributed by atoms with E-state index in [4.69, 9.17) is 16.9 Å². The maximum absolute atomic E-state index is 9.01. The number of benzene rings is 1. The van der Waals surface area contributed by atoms with Crippen LogP contribution in [0.15, 0.2) is 34.9 Å². The Labute approximate surface area is 122 Å². The molecule has 1 aromatic carbocycles. The van der Waals surface area contributed by atoms with Crippen LogP contribution in [0.5, 0.6) is 0 Å². The van der Waals surface area contributed by atoms with Crippen LogP contribution in [-0.4, -0.2) is 9.97 Å². The molecule has 2 heterocycles. The highest BCUT2D eigenvalue weighted by Crippen LogP contribution is 2.31. The van der Waals surface area contributed by atoms with Crippen molar-refractivity contribution >= 4 is 51.5 Å². The number of para-hydroxylation sites is 1. The van der Waals surface area contributed by atoms with Crippen LogP contribution in [0.1, 0.15) is 5.56 Å². The zero-order valence-corrected chi connectivity index (χ0v) is 11.9. The fourth-order valence-corrected chi connectivity index (χ4v) is 3.53. The number of fused-ring (bicyclic) bond motifs is 1. The number of aromatic amines is 1. The quantitative estimate of drug-likeness (QED) is 0.709. The third-order valence-corrected chi connectivity index (χ3v) is 4.55. The SMILES string of the molecule is N#Cc1c[nH]c2c(NSc3ncc(Cl)s3)cccc12. The predicted molar refractivity (Wildman–Crippen MR) is 79.6 cm³/mol. The average molecular weight is 307 g/mol. The first kappa shape index (κ1) is 12.4. The van der Waals surface area contributed by atoms with Crippen molar-refractivity contribution in [3.8, 4) is 6.07 Å². The van der Waals surface area contributed by atoms with Crippen LogP contribution in [0.3, 0.4) is 0 Å². The molecule has 0 aliphatic carbocycles. The van der Waals surface area contributed by atoms with Crippen LogP contribution >= 0.6 is 34.9 Å². The molecule has 0 unspecified atom stereocenters. The summed E-state index contributed by atoms with van der Waals surface area (Å²) in [5.74, 6) is 0. The molecule has 2 N–H and O–H groups in total. The van der Waals surface area contributed by atoms with Crippen molar-refractivity contribution in [2.24, 2.45) is 0 Å². The third kappa shape index (κ3) is 2.40. The van der Waals surface area contributed by atoms with E-state index in [1.165, 1.54) is 23.3 Å². The number of anilines is 1. The molecule has 0 radical (unpaired) electrons. The van der Waals surface area contributed by atoms with Crippen LogP contribution < -0.4 is 4.72 Å². The molecule has 0 aliphatic rings. The summed E-state index contributed by atoms with van der Waals surface area (Å²) in [5.41, 5.74) is 2.46. The number of nitrogens with zero attached hydrogens (tertiary/aromatic N) is 2. The van der Waals surface area contributed by atoms with E-state index in [-0.39, 0.29) is 0 Å². The lowest BCUT2D eigenvalue weighted by molar-refractivity contribution is 1.25. The molecular formula is C12H7ClN4S2. The molecule has 7 heteroatoms. The molecule has 2 aromatic heterocycles. The highest BCUT2D eigenvalue weighted by molar-refractivity contribution is 8.02. The topological polar surface area (TPSA) is 64.5 Å². The fraction of sp³-hybridized carbons (Fsp3) is 0. The third-order valence-electron chi connectivity index (χ3n) is 2.54. The molecule has 3 rings (SSSR count). The molecule has 0 fully saturated rings. The Hall–Kier alpha value is -1.68. The van der Waals surface area contributed by atoms with Gasteiger partial charge in [0.1, 0.15) is 10.4 Å². The van der Waals surface area contributed by atoms with Crippen molar-refractivity contribution in [1.82, 2.24) is 9.97 Å². The number of hydrogen-bond acceptors (Lipinski definition) is 5. The Balaban J connectivity index is 1.89. The lowest BCUT2D eigenvalue weighted by Gasteiger charge is -2.04. The molecular weight excluding hydrogens is 300 g/mol. The highest BCUT2D eigenvalue weighted by Gasteiger charge is 2.08. The molecule has 94 valence electrons. The molecule has 0 atom stereocenters. The van der Waals surface area contributed by atoms with Crippen LogP contribution in [0.4, 0.5) is 5.69 Å². The van der Waals surface area contributed by atoms with E-state index in [0.29, 0.717) is 9.90 Å². The first-order valence-electron chi connectivity index (χ1n) is 5.32. The average Bonchev–Trinajstić information content (AvgIpc) is 3.02. The van der Waals surface area contributed by atoms with E-state index in [0.717, 1.165) is 20.9 Å². The molecule has 19 heavy (non-hydrogen) atoms. The standard InChI is InChI=1S/C12H7ClN4S2/c13-10-6-16-12(18-10)19-17-9-3-1-2-8-7(4-14)5-15-11(8)9/h1-3,5-6,15,17H. The number of hydrogen-bond donors (Lipinski definition) is 2. The summed E-state index contributed by atoms with van der Waals surface area (Å²) in [4.78, 5) is 7.26. The number of nitrogens with one attached hydrogen (secondary N) is 2. The summed E-state index contributed by atoms with van der Waals surface area (Å²) in [7, 11) is 0. The van der Waals surface area contributed by atoms with Crippen molar-refractivity contribution in [2.75, 3.05) is 4.72 Å². The number of H-pyrrole nitrogens is 1. The summed E-state index contributed by atoms with van der Waals surface area (Å²) in [5, 5.41) is 9.92. The van der Waals surface area contributed by atoms with E-state index < -0.39 is 0 Å². The fourth-order valence-electron chi connectivity index (χ4n) is 1.72. The summed E-state index contributed by atoms with van der Waals surface area (Å²) in [6.45, 7) is 0. The Morgan fingerprint density at radius 3 is 3.11 bits per heavy atom. The smallest absolute Gasteiger partial charge is 0.171 e. The minimum atomic E-state index is 0.640. The molecule has 0 amide bonds. The molecule has 0 saturated carbocycles. The van der Waals surface area contributed by atoms with Crippen LogP contribution in [0.2, 0.25) is 4.34 Å². The number of nitriles is 1. The van der Waals surface area contributed by atoms with Gasteiger partial charge in [-0.25, -0.2) is 4.98 Å². The summed E-state index contributed by atoms with van der Waals surface area (Å²) >= 11 is 8.64. The largest absolute Gasteiger partial charge is 0.358 e. The lowest BCUT2D eigenvalue weighted by atomic mass is 10.2. The van der Waals surface area contributed by atoms with Gasteiger partial charge >= 0.3 is 0 Å². The van der Waals surface area contributed by atoms with Gasteiger partial charge in [0.2, 0.25) is 0 Å². The molecule has 0 saturated heterocycles. The maximum atomic E-state index is 9.01. The van der Waals surface area contributed by atoms with Gasteiger partial charge in [-0.3, -0.25) is 0 Å². The first-order valence-corrected chi connectivity index (χ1v) is 7.33. The summed E-state index contributed by atoms with van der Waals surface area (Å²) in [6.07, 6.45) is 3.33. The van der Waals surface area contributed by atoms with E-state index in [1.54, 1.807) is 12.4 Å². The molecule has 0 bridgehead atoms. The zero-order valence-electron chi connectivity index (χ0n) is 9.48. The second-order valence-corrected chi connectivity index (χ2v) is 6.39. The van der Waals surface area contributed by atoms with Crippen LogP contribution in [-0.2, 0) is 0 Å². The van der Waals surface area contributed by atoms with Crippen LogP contribution in [0, 0.1) is 11.3 Å². The van der Waals surface area contributed by atoms with E-state index in [2.05, 4.69) is 20.8 Å². The Kier molecular flexibility index (Phi) is 3.34. The predicted octanol–water partition coefficient (Wildman–Crippen LogP) is 4.27. The summed E-state index contributed by atoms with van der Waals surface area (Å²) < 4.78 is 4.72. The second-order valence-electron chi connectivity index (χ2n) is 3.68. The van der Waals surface area contributed by atoms with Gasteiger partial charge in [-0.2, -0.15) is 5.26 Å². The van der Waals surface area contributed by atoms with E-state index in [1.807, 2.05) is 18.2 Å². The Bertz CT molecular complexity index is 771. The van der Waals surface area contributed by atoms with Gasteiger partial charge in [-0.15, -0.1) is 0 Å². The second kappa shape index (κ2) is 5.13. The van der Waals surface area contributed by atoms with E-state index in [9.17, 15) is 0 Å². The van der Waals surface area contributed by atoms with Gasteiger partial charge < -0.3 is 9.71 Å². The number of rotatable bonds is 3. The minimum Gasteiger partial charge on any atom is -0.358 e. The number of thiazole rings is 1. The van der Waals surface area contributed by atoms with Gasteiger partial charge in [-0.1, -0.05) is 35.1 Å². The molecule has 0 spiro atoms. The van der Waals surface area contributed by atoms with Gasteiger partial charge in [0.05, 0.1) is 23.0 Å². The van der Waals surface area contributed by atoms with Gasteiger partial charge in [-0.05, 0) is 6.07 Å². The van der Waals surface area contributed by atoms with Gasteiger partial charge in [0.15, 0.2) is 4.34 Å². The Morgan fingerprint density at radius 1 is 1.47 bits per heavy atom. The van der Waals surface area contributed by atoms with Gasteiger partial charge in [0.25, 0.3) is 0 Å². The Morgan fingerprint density at radius 2 is 2.37 bits per heavy atom. The van der Waals surface area contributed by atoms with Crippen molar-refractivity contribution in [3.05, 3.63) is 40.5 Å². The molecule has 3 aromatic rings. The van der Waals surface area contributed by atoms with Crippen molar-refractivity contribution in [3.63, 3.8) is 0 Å². The molecule has 0 aliphatic heterocycles. The zero-order chi connectivity index (χ0) is 13.2. The number of aromatic nitrogens is 2. The van der Waals surface area contributed by atoms with Crippen molar-refractivity contribution in [2.45, 2.75) is 4.34 Å². The minimum absolute atomic E-state index is 0.640. The van der Waals surface area contributed by atoms with Crippen molar-refractivity contribution in [1.29, 1.82) is 5.26 Å². The van der Waals surface area contributed by atoms with Crippen LogP contribution in [0.25, 0.3) is 10.9 Å². The normalized spacial score (nSPS) is 10.5. The molecule has 4 nitrogen and oxygen atoms in total. The monoisotopic (exact) mass is 306 g/mol. The number of halogens is 1. The van der Waals surface area contributed by atoms with E-state index >= 15 is 0 Å². The van der Waals surface area contributed by atoms with Crippen molar-refractivity contribution < 1.29 is 0 Å². The maximum Gasteiger partial charge on any atom is 0.171 e. The van der Waals surface area contributed by atoms with Gasteiger partial charge in [0, 0.05) is 23.5 Å². The first-order chi connectivity index (χ1) is 9.28. The summed E-state index contributed by atoms with van der Waals surface area (Å²) in [6, 6.07) is 7.94. The lowest BCUT2D eigenvalue weighted by Crippen LogP contribution is -1.87.